The number of nitrogens with one attached hydrogen (secondary N) is 3. The highest BCUT2D eigenvalue weighted by molar-refractivity contribution is 5.32. The fraction of sp³-hybridized carbons (Fsp3) is 0.400. The normalized spacial score (nSPS) is 16.7. The molecule has 0 radical (unpaired) electrons. The summed E-state index contributed by atoms with van der Waals surface area (Å²) in [6.07, 6.45) is 12.9. The van der Waals surface area contributed by atoms with Gasteiger partial charge in [0.1, 0.15) is 34.5 Å². The molecule has 9 heterocycles. The predicted octanol–water partition coefficient (Wildman–Crippen LogP) is 12.9. The van der Waals surface area contributed by atoms with E-state index in [0.717, 1.165) is 190 Å². The lowest BCUT2D eigenvalue weighted by atomic mass is 10.2. The van der Waals surface area contributed by atoms with Gasteiger partial charge >= 0.3 is 0 Å². The lowest BCUT2D eigenvalue weighted by Crippen LogP contribution is -2.12. The van der Waals surface area contributed by atoms with Crippen LogP contribution >= 0.6 is 0 Å². The van der Waals surface area contributed by atoms with Crippen molar-refractivity contribution in [1.82, 2.24) is 16.0 Å². The Balaban J connectivity index is 0.800. The average Bonchev–Trinajstić information content (AvgIpc) is 3.38. The molecule has 0 atom stereocenters. The molecule has 0 amide bonds. The van der Waals surface area contributed by atoms with Gasteiger partial charge in [-0.1, -0.05) is 72.8 Å². The zero-order valence-corrected chi connectivity index (χ0v) is 40.8. The third kappa shape index (κ3) is 20.2. The molecule has 0 saturated heterocycles. The minimum Gasteiger partial charge on any atom is -0.494 e. The fourth-order valence-corrected chi connectivity index (χ4v) is 8.09. The summed E-state index contributed by atoms with van der Waals surface area (Å²) in [5.41, 5.74) is 7.43. The molecule has 15 rings (SSSR count). The number of fused-ring (bicyclic) bond motifs is 3. The maximum absolute atomic E-state index is 6.03. The summed E-state index contributed by atoms with van der Waals surface area (Å²) < 4.78 is 36.2. The summed E-state index contributed by atoms with van der Waals surface area (Å²) in [6, 6.07) is 50.6. The number of rotatable bonds is 0. The first-order chi connectivity index (χ1) is 34.2. The second-order valence-corrected chi connectivity index (χ2v) is 18.0. The fourth-order valence-electron chi connectivity index (χ4n) is 8.09. The Hall–Kier alpha value is -6.00. The Bertz CT molecular complexity index is 1830. The van der Waals surface area contributed by atoms with Crippen LogP contribution in [-0.4, -0.2) is 39.6 Å². The van der Waals surface area contributed by atoms with E-state index in [0.29, 0.717) is 0 Å². The van der Waals surface area contributed by atoms with Crippen LogP contribution in [0.25, 0.3) is 0 Å². The smallest absolute Gasteiger partial charge is 0.119 e. The minimum atomic E-state index is 0.727. The summed E-state index contributed by atoms with van der Waals surface area (Å²) in [5.74, 6) is 5.54. The molecule has 0 unspecified atom stereocenters. The molecule has 12 bridgehead atoms. The van der Waals surface area contributed by atoms with Gasteiger partial charge in [-0.2, -0.15) is 0 Å². The Kier molecular flexibility index (Phi) is 22.5. The van der Waals surface area contributed by atoms with Crippen molar-refractivity contribution in [3.8, 4) is 34.5 Å². The van der Waals surface area contributed by atoms with Crippen LogP contribution in [0.5, 0.6) is 34.5 Å². The Labute approximate surface area is 412 Å². The second kappa shape index (κ2) is 30.5. The molecule has 6 aromatic rings. The van der Waals surface area contributed by atoms with Gasteiger partial charge in [0.15, 0.2) is 0 Å². The Morgan fingerprint density at radius 1 is 0.188 bits per heavy atom. The van der Waals surface area contributed by atoms with Gasteiger partial charge in [0.25, 0.3) is 0 Å². The summed E-state index contributed by atoms with van der Waals surface area (Å²) in [6.45, 7) is 9.18. The average molecular weight is 934 g/mol. The molecule has 3 N–H and O–H groups in total. The standard InChI is InChI=1S/C60H75N3O6/c1-2-8-38-65-56-27-15-50(16-28-56)44-62-46-52-19-31-58(32-20-52)67-40-10-5-6-12-42-69-60-35-23-54(24-36-60)48-63-47-53-21-33-59(34-22-53)68-41-11-4-3-9-39-66-57-29-17-51(18-30-57)45-61-43-49-13-25-55(26-14-49)64-37-7-1/h13-36,61-63H,1-12,37-48H2. The van der Waals surface area contributed by atoms with Crippen molar-refractivity contribution in [1.29, 1.82) is 0 Å². The van der Waals surface area contributed by atoms with Crippen molar-refractivity contribution in [3.05, 3.63) is 179 Å². The van der Waals surface area contributed by atoms with Crippen molar-refractivity contribution < 1.29 is 28.4 Å². The molecule has 0 aliphatic carbocycles. The zero-order valence-electron chi connectivity index (χ0n) is 40.8. The van der Waals surface area contributed by atoms with E-state index in [2.05, 4.69) is 162 Å². The van der Waals surface area contributed by atoms with E-state index in [1.165, 1.54) is 33.4 Å². The van der Waals surface area contributed by atoms with Crippen molar-refractivity contribution >= 4 is 0 Å². The first kappa shape index (κ1) is 50.9. The van der Waals surface area contributed by atoms with Gasteiger partial charge in [-0.15, -0.1) is 0 Å². The first-order valence-corrected chi connectivity index (χ1v) is 25.6. The minimum absolute atomic E-state index is 0.727. The number of ether oxygens (including phenoxy) is 6. The number of hydrogen-bond acceptors (Lipinski definition) is 9. The maximum Gasteiger partial charge on any atom is 0.119 e. The summed E-state index contributed by atoms with van der Waals surface area (Å²) >= 11 is 0. The van der Waals surface area contributed by atoms with Crippen LogP contribution < -0.4 is 44.4 Å². The molecule has 69 heavy (non-hydrogen) atoms. The van der Waals surface area contributed by atoms with Crippen LogP contribution in [0.15, 0.2) is 146 Å². The van der Waals surface area contributed by atoms with Crippen LogP contribution in [0, 0.1) is 0 Å². The Morgan fingerprint density at radius 2 is 0.333 bits per heavy atom. The number of hydrogen-bond donors (Lipinski definition) is 3. The molecular formula is C60H75N3O6. The monoisotopic (exact) mass is 934 g/mol. The van der Waals surface area contributed by atoms with Gasteiger partial charge in [-0.3, -0.25) is 0 Å². The predicted molar refractivity (Wildman–Crippen MR) is 279 cm³/mol. The van der Waals surface area contributed by atoms with E-state index < -0.39 is 0 Å². The van der Waals surface area contributed by atoms with E-state index in [-0.39, 0.29) is 0 Å². The second-order valence-electron chi connectivity index (χ2n) is 18.0. The SMILES string of the molecule is c1cc2ccc1CNCc1ccc(cc1)OCCCCCCOc1ccc(cc1)CNCc1ccc(cc1)OCCCCCCOc1ccc(cc1)CNCc1ccc(cc1)OCCCCCCO2. The maximum atomic E-state index is 6.03. The summed E-state index contributed by atoms with van der Waals surface area (Å²) in [5, 5.41) is 10.7. The molecule has 0 aromatic heterocycles. The van der Waals surface area contributed by atoms with E-state index in [9.17, 15) is 0 Å². The Morgan fingerprint density at radius 3 is 0.478 bits per heavy atom. The zero-order chi connectivity index (χ0) is 47.2. The van der Waals surface area contributed by atoms with Gasteiger partial charge in [0.2, 0.25) is 0 Å². The van der Waals surface area contributed by atoms with Crippen LogP contribution in [0.1, 0.15) is 110 Å². The molecule has 9 aliphatic heterocycles. The van der Waals surface area contributed by atoms with Crippen LogP contribution in [0.3, 0.4) is 0 Å². The molecule has 0 fully saturated rings. The van der Waals surface area contributed by atoms with Gasteiger partial charge in [-0.05, 0) is 183 Å². The molecule has 0 saturated carbocycles. The highest BCUT2D eigenvalue weighted by atomic mass is 16.5. The third-order valence-corrected chi connectivity index (χ3v) is 12.2. The van der Waals surface area contributed by atoms with Crippen molar-refractivity contribution in [2.45, 2.75) is 116 Å². The van der Waals surface area contributed by atoms with Crippen LogP contribution in [0.2, 0.25) is 0 Å². The van der Waals surface area contributed by atoms with E-state index in [4.69, 9.17) is 28.4 Å². The summed E-state index contributed by atoms with van der Waals surface area (Å²) in [7, 11) is 0. The lowest BCUT2D eigenvalue weighted by Gasteiger charge is -2.10. The van der Waals surface area contributed by atoms with Gasteiger partial charge in [0, 0.05) is 39.3 Å². The highest BCUT2D eigenvalue weighted by Gasteiger charge is 2.04. The van der Waals surface area contributed by atoms with Crippen LogP contribution in [-0.2, 0) is 39.3 Å². The molecule has 9 aliphatic rings. The summed E-state index contributed by atoms with van der Waals surface area (Å²) in [4.78, 5) is 0. The molecule has 9 nitrogen and oxygen atoms in total. The third-order valence-electron chi connectivity index (χ3n) is 12.2. The molecule has 366 valence electrons. The number of benzene rings is 6. The van der Waals surface area contributed by atoms with E-state index >= 15 is 0 Å². The van der Waals surface area contributed by atoms with Gasteiger partial charge < -0.3 is 44.4 Å². The van der Waals surface area contributed by atoms with Gasteiger partial charge in [-0.25, -0.2) is 0 Å². The molecular weight excluding hydrogens is 859 g/mol. The van der Waals surface area contributed by atoms with E-state index in [1.54, 1.807) is 0 Å². The topological polar surface area (TPSA) is 91.5 Å². The lowest BCUT2D eigenvalue weighted by molar-refractivity contribution is 0.287. The highest BCUT2D eigenvalue weighted by Crippen LogP contribution is 2.20. The van der Waals surface area contributed by atoms with Gasteiger partial charge in [0.05, 0.1) is 39.6 Å². The quantitative estimate of drug-likeness (QED) is 0.138. The van der Waals surface area contributed by atoms with Crippen molar-refractivity contribution in [3.63, 3.8) is 0 Å². The first-order valence-electron chi connectivity index (χ1n) is 25.6. The molecule has 0 spiro atoms. The van der Waals surface area contributed by atoms with E-state index in [1.807, 2.05) is 0 Å². The van der Waals surface area contributed by atoms with Crippen LogP contribution in [0.4, 0.5) is 0 Å². The van der Waals surface area contributed by atoms with Crippen molar-refractivity contribution in [2.24, 2.45) is 0 Å². The van der Waals surface area contributed by atoms with Crippen molar-refractivity contribution in [2.75, 3.05) is 39.6 Å². The molecule has 6 aromatic carbocycles. The molecule has 9 heteroatoms. The largest absolute Gasteiger partial charge is 0.494 e.